The predicted molar refractivity (Wildman–Crippen MR) is 114 cm³/mol. The van der Waals surface area contributed by atoms with Crippen molar-refractivity contribution < 1.29 is 9.13 Å². The normalized spacial score (nSPS) is 10.9. The lowest BCUT2D eigenvalue weighted by molar-refractivity contribution is 0.302. The molecule has 0 aliphatic rings. The molecule has 1 N–H and O–H groups in total. The lowest BCUT2D eigenvalue weighted by Gasteiger charge is -2.14. The molecule has 0 aliphatic heterocycles. The van der Waals surface area contributed by atoms with Gasteiger partial charge < -0.3 is 10.1 Å². The summed E-state index contributed by atoms with van der Waals surface area (Å²) in [6.07, 6.45) is 0.888. The highest BCUT2D eigenvalue weighted by Gasteiger charge is 2.08. The fourth-order valence-electron chi connectivity index (χ4n) is 2.73. The molecule has 0 spiro atoms. The van der Waals surface area contributed by atoms with Gasteiger partial charge in [-0.1, -0.05) is 53.0 Å². The van der Waals surface area contributed by atoms with Crippen molar-refractivity contribution in [2.45, 2.75) is 19.6 Å². The van der Waals surface area contributed by atoms with Crippen molar-refractivity contribution >= 4 is 34.8 Å². The third kappa shape index (κ3) is 6.11. The van der Waals surface area contributed by atoms with Crippen LogP contribution >= 0.6 is 34.8 Å². The molecule has 0 amide bonds. The SMILES string of the molecule is Fc1ccc(COc2ccc(Cl)cc2CNCCc2ccc(Cl)cc2)c(Cl)c1. The van der Waals surface area contributed by atoms with Crippen LogP contribution in [0, 0.1) is 5.82 Å². The summed E-state index contributed by atoms with van der Waals surface area (Å²) in [7, 11) is 0. The van der Waals surface area contributed by atoms with Gasteiger partial charge in [0.05, 0.1) is 5.02 Å². The summed E-state index contributed by atoms with van der Waals surface area (Å²) in [5.41, 5.74) is 2.88. The van der Waals surface area contributed by atoms with Crippen molar-refractivity contribution in [1.29, 1.82) is 0 Å². The maximum atomic E-state index is 13.2. The molecule has 6 heteroatoms. The quantitative estimate of drug-likeness (QED) is 0.395. The Morgan fingerprint density at radius 3 is 2.32 bits per heavy atom. The van der Waals surface area contributed by atoms with Gasteiger partial charge >= 0.3 is 0 Å². The van der Waals surface area contributed by atoms with Crippen molar-refractivity contribution in [1.82, 2.24) is 5.32 Å². The molecule has 28 heavy (non-hydrogen) atoms. The first-order valence-electron chi connectivity index (χ1n) is 8.81. The molecule has 0 unspecified atom stereocenters. The van der Waals surface area contributed by atoms with E-state index in [2.05, 4.69) is 5.32 Å². The van der Waals surface area contributed by atoms with E-state index in [1.807, 2.05) is 36.4 Å². The van der Waals surface area contributed by atoms with Gasteiger partial charge in [-0.15, -0.1) is 0 Å². The number of halogens is 4. The predicted octanol–water partition coefficient (Wildman–Crippen LogP) is 6.70. The number of hydrogen-bond donors (Lipinski definition) is 1. The second-order valence-corrected chi connectivity index (χ2v) is 7.61. The smallest absolute Gasteiger partial charge is 0.124 e. The van der Waals surface area contributed by atoms with Crippen LogP contribution in [0.25, 0.3) is 0 Å². The van der Waals surface area contributed by atoms with Crippen LogP contribution < -0.4 is 10.1 Å². The summed E-state index contributed by atoms with van der Waals surface area (Å²) in [6, 6.07) is 17.6. The molecule has 0 aliphatic carbocycles. The summed E-state index contributed by atoms with van der Waals surface area (Å²) >= 11 is 18.1. The Hall–Kier alpha value is -1.78. The molecule has 0 fully saturated rings. The van der Waals surface area contributed by atoms with Crippen molar-refractivity contribution in [2.24, 2.45) is 0 Å². The van der Waals surface area contributed by atoms with E-state index in [1.54, 1.807) is 12.1 Å². The molecule has 0 atom stereocenters. The van der Waals surface area contributed by atoms with Crippen LogP contribution in [0.15, 0.2) is 60.7 Å². The van der Waals surface area contributed by atoms with Gasteiger partial charge in [0.1, 0.15) is 18.2 Å². The van der Waals surface area contributed by atoms with Crippen LogP contribution in [-0.2, 0) is 19.6 Å². The maximum Gasteiger partial charge on any atom is 0.124 e. The summed E-state index contributed by atoms with van der Waals surface area (Å²) in [6.45, 7) is 1.66. The zero-order valence-corrected chi connectivity index (χ0v) is 17.3. The van der Waals surface area contributed by atoms with Crippen molar-refractivity contribution in [3.8, 4) is 5.75 Å². The van der Waals surface area contributed by atoms with E-state index in [-0.39, 0.29) is 12.4 Å². The van der Waals surface area contributed by atoms with E-state index in [4.69, 9.17) is 39.5 Å². The summed E-state index contributed by atoms with van der Waals surface area (Å²) in [5.74, 6) is 0.342. The second-order valence-electron chi connectivity index (χ2n) is 6.33. The number of hydrogen-bond acceptors (Lipinski definition) is 2. The molecule has 0 bridgehead atoms. The van der Waals surface area contributed by atoms with E-state index < -0.39 is 0 Å². The number of ether oxygens (including phenoxy) is 1. The van der Waals surface area contributed by atoms with Gasteiger partial charge in [-0.2, -0.15) is 0 Å². The van der Waals surface area contributed by atoms with Crippen LogP contribution in [-0.4, -0.2) is 6.54 Å². The Balaban J connectivity index is 1.58. The van der Waals surface area contributed by atoms with Gasteiger partial charge in [0.2, 0.25) is 0 Å². The Morgan fingerprint density at radius 1 is 0.821 bits per heavy atom. The van der Waals surface area contributed by atoms with Gasteiger partial charge in [-0.25, -0.2) is 4.39 Å². The van der Waals surface area contributed by atoms with Crippen LogP contribution in [0.5, 0.6) is 5.75 Å². The Labute approximate surface area is 179 Å². The van der Waals surface area contributed by atoms with Crippen LogP contribution in [0.3, 0.4) is 0 Å². The molecule has 146 valence electrons. The maximum absolute atomic E-state index is 13.2. The Kier molecular flexibility index (Phi) is 7.57. The number of benzene rings is 3. The molecule has 0 heterocycles. The van der Waals surface area contributed by atoms with Crippen molar-refractivity contribution in [2.75, 3.05) is 6.54 Å². The largest absolute Gasteiger partial charge is 0.489 e. The molecule has 0 radical (unpaired) electrons. The standard InChI is InChI=1S/C22H19Cl3FNO/c23-18-4-1-15(2-5-18)9-10-27-13-17-11-19(24)6-8-22(17)28-14-16-3-7-20(26)12-21(16)25/h1-8,11-12,27H,9-10,13-14H2. The summed E-state index contributed by atoms with van der Waals surface area (Å²) in [4.78, 5) is 0. The highest BCUT2D eigenvalue weighted by molar-refractivity contribution is 6.31. The van der Waals surface area contributed by atoms with Gasteiger partial charge in [-0.05, 0) is 61.0 Å². The minimum absolute atomic E-state index is 0.249. The van der Waals surface area contributed by atoms with Crippen LogP contribution in [0.4, 0.5) is 4.39 Å². The van der Waals surface area contributed by atoms with E-state index in [9.17, 15) is 4.39 Å². The van der Waals surface area contributed by atoms with Crippen LogP contribution in [0.1, 0.15) is 16.7 Å². The third-order valence-electron chi connectivity index (χ3n) is 4.24. The third-order valence-corrected chi connectivity index (χ3v) is 5.08. The van der Waals surface area contributed by atoms with Crippen LogP contribution in [0.2, 0.25) is 15.1 Å². The topological polar surface area (TPSA) is 21.3 Å². The number of nitrogens with one attached hydrogen (secondary N) is 1. The van der Waals surface area contributed by atoms with Gasteiger partial charge in [-0.3, -0.25) is 0 Å². The van der Waals surface area contributed by atoms with E-state index in [0.29, 0.717) is 22.3 Å². The minimum atomic E-state index is -0.370. The first kappa shape index (κ1) is 20.9. The van der Waals surface area contributed by atoms with E-state index in [1.165, 1.54) is 17.7 Å². The lowest BCUT2D eigenvalue weighted by atomic mass is 10.1. The molecule has 3 aromatic carbocycles. The molecule has 3 rings (SSSR count). The average Bonchev–Trinajstić information content (AvgIpc) is 2.67. The fraction of sp³-hybridized carbons (Fsp3) is 0.182. The monoisotopic (exact) mass is 437 g/mol. The second kappa shape index (κ2) is 10.1. The van der Waals surface area contributed by atoms with Gasteiger partial charge in [0.15, 0.2) is 0 Å². The highest BCUT2D eigenvalue weighted by Crippen LogP contribution is 2.25. The molecule has 0 saturated carbocycles. The molecule has 2 nitrogen and oxygen atoms in total. The average molecular weight is 439 g/mol. The Morgan fingerprint density at radius 2 is 1.57 bits per heavy atom. The molecular formula is C22H19Cl3FNO. The highest BCUT2D eigenvalue weighted by atomic mass is 35.5. The summed E-state index contributed by atoms with van der Waals surface area (Å²) < 4.78 is 19.1. The van der Waals surface area contributed by atoms with Crippen molar-refractivity contribution in [3.05, 3.63) is 98.2 Å². The first-order chi connectivity index (χ1) is 13.5. The first-order valence-corrected chi connectivity index (χ1v) is 9.95. The van der Waals surface area contributed by atoms with E-state index in [0.717, 1.165) is 29.1 Å². The molecule has 0 saturated heterocycles. The molecule has 3 aromatic rings. The van der Waals surface area contributed by atoms with Gasteiger partial charge in [0, 0.05) is 27.7 Å². The lowest BCUT2D eigenvalue weighted by Crippen LogP contribution is -2.17. The molecule has 0 aromatic heterocycles. The van der Waals surface area contributed by atoms with Gasteiger partial charge in [0.25, 0.3) is 0 Å². The summed E-state index contributed by atoms with van der Waals surface area (Å²) in [5, 5.41) is 5.12. The fourth-order valence-corrected chi connectivity index (χ4v) is 3.27. The van der Waals surface area contributed by atoms with E-state index >= 15 is 0 Å². The zero-order chi connectivity index (χ0) is 19.9. The number of rotatable bonds is 8. The zero-order valence-electron chi connectivity index (χ0n) is 15.0. The van der Waals surface area contributed by atoms with Crippen molar-refractivity contribution in [3.63, 3.8) is 0 Å². The molecular weight excluding hydrogens is 420 g/mol. The Bertz CT molecular complexity index is 932. The minimum Gasteiger partial charge on any atom is -0.489 e.